The third-order valence-corrected chi connectivity index (χ3v) is 3.46. The van der Waals surface area contributed by atoms with Gasteiger partial charge in [-0.15, -0.1) is 11.3 Å². The molecule has 0 aromatic carbocycles. The minimum atomic E-state index is -0.974. The first kappa shape index (κ1) is 9.27. The first-order chi connectivity index (χ1) is 6.53. The van der Waals surface area contributed by atoms with E-state index in [0.717, 1.165) is 10.4 Å². The Hall–Kier alpha value is -1.29. The van der Waals surface area contributed by atoms with Gasteiger partial charge in [0.25, 0.3) is 0 Å². The summed E-state index contributed by atoms with van der Waals surface area (Å²) in [6, 6.07) is 1.87. The third-order valence-electron chi connectivity index (χ3n) is 2.48. The molecule has 74 valence electrons. The third kappa shape index (κ3) is 1.23. The predicted octanol–water partition coefficient (Wildman–Crippen LogP) is 2.29. The van der Waals surface area contributed by atoms with Crippen molar-refractivity contribution in [2.24, 2.45) is 5.41 Å². The summed E-state index contributed by atoms with van der Waals surface area (Å²) in [7, 11) is 0. The van der Waals surface area contributed by atoms with E-state index in [1.54, 1.807) is 6.92 Å². The van der Waals surface area contributed by atoms with Crippen LogP contribution >= 0.6 is 11.3 Å². The Balaban J connectivity index is 2.50. The average molecular weight is 210 g/mol. The maximum Gasteiger partial charge on any atom is 0.313 e. The van der Waals surface area contributed by atoms with Gasteiger partial charge in [-0.25, -0.2) is 0 Å². The van der Waals surface area contributed by atoms with E-state index in [2.05, 4.69) is 0 Å². The molecule has 0 amide bonds. The number of aliphatic hydroxyl groups excluding tert-OH is 1. The summed E-state index contributed by atoms with van der Waals surface area (Å²) >= 11 is 1.43. The zero-order chi connectivity index (χ0) is 10.3. The molecule has 2 rings (SSSR count). The molecule has 3 nitrogen and oxygen atoms in total. The summed E-state index contributed by atoms with van der Waals surface area (Å²) in [6.07, 6.45) is 1.87. The van der Waals surface area contributed by atoms with Gasteiger partial charge in [-0.2, -0.15) is 0 Å². The van der Waals surface area contributed by atoms with Crippen molar-refractivity contribution >= 4 is 23.1 Å². The molecule has 1 aliphatic carbocycles. The molecule has 0 fully saturated rings. The minimum absolute atomic E-state index is 0.0890. The van der Waals surface area contributed by atoms with E-state index in [1.165, 1.54) is 17.4 Å². The summed E-state index contributed by atoms with van der Waals surface area (Å²) < 4.78 is 0. The van der Waals surface area contributed by atoms with Gasteiger partial charge in [-0.3, -0.25) is 4.79 Å². The first-order valence-electron chi connectivity index (χ1n) is 4.25. The summed E-state index contributed by atoms with van der Waals surface area (Å²) in [5.74, 6) is -0.813. The quantitative estimate of drug-likeness (QED) is 0.747. The lowest BCUT2D eigenvalue weighted by molar-refractivity contribution is -0.145. The Morgan fingerprint density at radius 1 is 1.64 bits per heavy atom. The van der Waals surface area contributed by atoms with Crippen LogP contribution in [-0.4, -0.2) is 16.2 Å². The molecule has 0 saturated carbocycles. The van der Waals surface area contributed by atoms with Crippen molar-refractivity contribution in [3.05, 3.63) is 28.0 Å². The van der Waals surface area contributed by atoms with Gasteiger partial charge >= 0.3 is 5.97 Å². The van der Waals surface area contributed by atoms with E-state index >= 15 is 0 Å². The molecule has 1 aliphatic rings. The number of fused-ring (bicyclic) bond motifs is 1. The van der Waals surface area contributed by atoms with Gasteiger partial charge in [-0.1, -0.05) is 0 Å². The molecule has 4 heteroatoms. The number of hydrogen-bond donors (Lipinski definition) is 2. The lowest BCUT2D eigenvalue weighted by atomic mass is 9.80. The number of rotatable bonds is 1. The van der Waals surface area contributed by atoms with Gasteiger partial charge in [-0.05, 0) is 36.4 Å². The van der Waals surface area contributed by atoms with Crippen LogP contribution in [0.3, 0.4) is 0 Å². The predicted molar refractivity (Wildman–Crippen MR) is 54.4 cm³/mol. The Bertz CT molecular complexity index is 419. The Morgan fingerprint density at radius 2 is 2.36 bits per heavy atom. The number of thiophene rings is 1. The summed E-state index contributed by atoms with van der Waals surface area (Å²) in [4.78, 5) is 11.8. The number of carbonyl (C=O) groups is 1. The first-order valence-corrected chi connectivity index (χ1v) is 5.13. The van der Waals surface area contributed by atoms with Crippen LogP contribution in [0, 0.1) is 5.41 Å². The second-order valence-corrected chi connectivity index (χ2v) is 4.62. The van der Waals surface area contributed by atoms with E-state index in [1.807, 2.05) is 11.4 Å². The monoisotopic (exact) mass is 210 g/mol. The normalized spacial score (nSPS) is 25.4. The van der Waals surface area contributed by atoms with Gasteiger partial charge in [0.2, 0.25) is 0 Å². The maximum absolute atomic E-state index is 11.0. The number of aliphatic carboxylic acids is 1. The molecular weight excluding hydrogens is 200 g/mol. The molecule has 2 N–H and O–H groups in total. The number of hydrogen-bond acceptors (Lipinski definition) is 3. The summed E-state index contributed by atoms with van der Waals surface area (Å²) in [5, 5.41) is 20.5. The van der Waals surface area contributed by atoms with Crippen molar-refractivity contribution in [3.8, 4) is 0 Å². The van der Waals surface area contributed by atoms with E-state index in [9.17, 15) is 9.90 Å². The van der Waals surface area contributed by atoms with Crippen LogP contribution in [0.4, 0.5) is 0 Å². The van der Waals surface area contributed by atoms with Crippen LogP contribution in [0.5, 0.6) is 0 Å². The fraction of sp³-hybridized carbons (Fsp3) is 0.300. The average Bonchev–Trinajstić information content (AvgIpc) is 2.51. The Kier molecular flexibility index (Phi) is 1.89. The van der Waals surface area contributed by atoms with Crippen LogP contribution in [0.1, 0.15) is 17.4 Å². The lowest BCUT2D eigenvalue weighted by Crippen LogP contribution is -2.30. The second-order valence-electron chi connectivity index (χ2n) is 3.70. The van der Waals surface area contributed by atoms with Crippen LogP contribution in [0.25, 0.3) is 5.76 Å². The van der Waals surface area contributed by atoms with Crippen molar-refractivity contribution in [2.75, 3.05) is 0 Å². The second kappa shape index (κ2) is 2.85. The van der Waals surface area contributed by atoms with Crippen LogP contribution < -0.4 is 0 Å². The van der Waals surface area contributed by atoms with Crippen molar-refractivity contribution in [3.63, 3.8) is 0 Å². The van der Waals surface area contributed by atoms with Crippen molar-refractivity contribution in [1.82, 2.24) is 0 Å². The number of aliphatic hydroxyl groups is 1. The molecule has 14 heavy (non-hydrogen) atoms. The van der Waals surface area contributed by atoms with Crippen LogP contribution in [-0.2, 0) is 11.2 Å². The van der Waals surface area contributed by atoms with Gasteiger partial charge < -0.3 is 10.2 Å². The molecule has 1 heterocycles. The van der Waals surface area contributed by atoms with E-state index < -0.39 is 11.4 Å². The molecule has 1 aromatic rings. The molecule has 1 atom stereocenters. The molecule has 0 bridgehead atoms. The van der Waals surface area contributed by atoms with Gasteiger partial charge in [0.05, 0.1) is 10.3 Å². The fourth-order valence-electron chi connectivity index (χ4n) is 1.65. The fourth-order valence-corrected chi connectivity index (χ4v) is 2.49. The van der Waals surface area contributed by atoms with E-state index in [4.69, 9.17) is 5.11 Å². The van der Waals surface area contributed by atoms with Crippen molar-refractivity contribution in [2.45, 2.75) is 13.3 Å². The highest BCUT2D eigenvalue weighted by Crippen LogP contribution is 2.38. The highest BCUT2D eigenvalue weighted by molar-refractivity contribution is 7.11. The van der Waals surface area contributed by atoms with Crippen LogP contribution in [0.15, 0.2) is 17.5 Å². The molecule has 0 spiro atoms. The largest absolute Gasteiger partial charge is 0.507 e. The number of carboxylic acids is 1. The van der Waals surface area contributed by atoms with Crippen molar-refractivity contribution in [1.29, 1.82) is 0 Å². The molecule has 0 radical (unpaired) electrons. The molecule has 0 saturated heterocycles. The minimum Gasteiger partial charge on any atom is -0.507 e. The van der Waals surface area contributed by atoms with E-state index in [-0.39, 0.29) is 5.76 Å². The highest BCUT2D eigenvalue weighted by atomic mass is 32.1. The van der Waals surface area contributed by atoms with Gasteiger partial charge in [0, 0.05) is 0 Å². The van der Waals surface area contributed by atoms with Gasteiger partial charge in [0.1, 0.15) is 5.76 Å². The Morgan fingerprint density at radius 3 is 3.00 bits per heavy atom. The Labute approximate surface area is 85.3 Å². The smallest absolute Gasteiger partial charge is 0.313 e. The van der Waals surface area contributed by atoms with Crippen LogP contribution in [0.2, 0.25) is 0 Å². The lowest BCUT2D eigenvalue weighted by Gasteiger charge is -2.25. The number of carboxylic acid groups (broad SMARTS) is 1. The SMILES string of the molecule is CC1(C(=O)O)C=C(O)c2sccc2C1. The molecular formula is C10H10O3S. The molecule has 0 aliphatic heterocycles. The van der Waals surface area contributed by atoms with Crippen molar-refractivity contribution < 1.29 is 15.0 Å². The van der Waals surface area contributed by atoms with E-state index in [0.29, 0.717) is 6.42 Å². The summed E-state index contributed by atoms with van der Waals surface area (Å²) in [6.45, 7) is 1.62. The maximum atomic E-state index is 11.0. The standard InChI is InChI=1S/C10H10O3S/c1-10(9(12)13)4-6-2-3-14-8(6)7(11)5-10/h2-3,5,11H,4H2,1H3,(H,12,13). The zero-order valence-corrected chi connectivity index (χ0v) is 8.47. The highest BCUT2D eigenvalue weighted by Gasteiger charge is 2.36. The molecule has 1 aromatic heterocycles. The summed E-state index contributed by atoms with van der Waals surface area (Å²) in [5.41, 5.74) is -0.0575. The van der Waals surface area contributed by atoms with Gasteiger partial charge in [0.15, 0.2) is 0 Å². The topological polar surface area (TPSA) is 57.5 Å². The molecule has 1 unspecified atom stereocenters. The zero-order valence-electron chi connectivity index (χ0n) is 7.65.